The first-order chi connectivity index (χ1) is 6.59. The minimum atomic E-state index is -1.07. The van der Waals surface area contributed by atoms with Crippen molar-refractivity contribution in [3.05, 3.63) is 24.0 Å². The van der Waals surface area contributed by atoms with Crippen molar-refractivity contribution >= 4 is 5.97 Å². The van der Waals surface area contributed by atoms with Gasteiger partial charge in [-0.25, -0.2) is 0 Å². The van der Waals surface area contributed by atoms with Crippen molar-refractivity contribution < 1.29 is 14.6 Å². The molecule has 5 nitrogen and oxygen atoms in total. The highest BCUT2D eigenvalue weighted by molar-refractivity contribution is 5.73. The lowest BCUT2D eigenvalue weighted by Gasteiger charge is -2.09. The zero-order valence-corrected chi connectivity index (χ0v) is 7.80. The number of hydrogen-bond acceptors (Lipinski definition) is 4. The van der Waals surface area contributed by atoms with Gasteiger partial charge in [0.1, 0.15) is 18.4 Å². The van der Waals surface area contributed by atoms with Crippen molar-refractivity contribution in [3.63, 3.8) is 0 Å². The van der Waals surface area contributed by atoms with E-state index in [-0.39, 0.29) is 6.61 Å². The first-order valence-corrected chi connectivity index (χ1v) is 4.13. The van der Waals surface area contributed by atoms with Gasteiger partial charge < -0.3 is 15.6 Å². The second-order valence-electron chi connectivity index (χ2n) is 2.89. The minimum Gasteiger partial charge on any atom is -0.491 e. The number of aromatic nitrogens is 1. The van der Waals surface area contributed by atoms with Crippen LogP contribution in [0.1, 0.15) is 5.69 Å². The van der Waals surface area contributed by atoms with Crippen LogP contribution in [0.4, 0.5) is 0 Å². The van der Waals surface area contributed by atoms with E-state index in [1.54, 1.807) is 18.3 Å². The molecule has 0 aliphatic heterocycles. The van der Waals surface area contributed by atoms with Crippen LogP contribution in [0.2, 0.25) is 0 Å². The predicted octanol–water partition coefficient (Wildman–Crippen LogP) is 0.181. The van der Waals surface area contributed by atoms with Gasteiger partial charge in [-0.3, -0.25) is 9.78 Å². The number of carboxylic acids is 1. The van der Waals surface area contributed by atoms with Crippen LogP contribution in [-0.4, -0.2) is 28.7 Å². The monoisotopic (exact) mass is 196 g/mol. The number of nitrogens with two attached hydrogens (primary N) is 1. The van der Waals surface area contributed by atoms with Gasteiger partial charge in [0.05, 0.1) is 0 Å². The summed E-state index contributed by atoms with van der Waals surface area (Å²) in [4.78, 5) is 14.3. The first-order valence-electron chi connectivity index (χ1n) is 4.13. The number of rotatable bonds is 4. The number of aliphatic carboxylic acids is 1. The Morgan fingerprint density at radius 2 is 2.50 bits per heavy atom. The van der Waals surface area contributed by atoms with Crippen LogP contribution in [0, 0.1) is 6.92 Å². The van der Waals surface area contributed by atoms with E-state index >= 15 is 0 Å². The maximum atomic E-state index is 10.4. The van der Waals surface area contributed by atoms with Crippen LogP contribution in [0.25, 0.3) is 0 Å². The van der Waals surface area contributed by atoms with Gasteiger partial charge in [-0.2, -0.15) is 0 Å². The molecule has 1 atom stereocenters. The summed E-state index contributed by atoms with van der Waals surface area (Å²) in [6, 6.07) is 2.37. The van der Waals surface area contributed by atoms with Crippen LogP contribution in [-0.2, 0) is 4.79 Å². The maximum Gasteiger partial charge on any atom is 0.324 e. The molecule has 1 aromatic rings. The second kappa shape index (κ2) is 4.57. The van der Waals surface area contributed by atoms with Gasteiger partial charge in [0.25, 0.3) is 0 Å². The van der Waals surface area contributed by atoms with E-state index in [0.29, 0.717) is 5.75 Å². The normalized spacial score (nSPS) is 12.1. The molecule has 5 heteroatoms. The summed E-state index contributed by atoms with van der Waals surface area (Å²) in [6.45, 7) is 1.78. The molecule has 1 unspecified atom stereocenters. The molecule has 1 heterocycles. The molecule has 0 aliphatic carbocycles. The third-order valence-electron chi connectivity index (χ3n) is 1.61. The van der Waals surface area contributed by atoms with Crippen LogP contribution in [0.5, 0.6) is 5.75 Å². The molecule has 0 radical (unpaired) electrons. The second-order valence-corrected chi connectivity index (χ2v) is 2.89. The van der Waals surface area contributed by atoms with Crippen LogP contribution in [0.15, 0.2) is 18.3 Å². The summed E-state index contributed by atoms with van der Waals surface area (Å²) < 4.78 is 5.16. The molecule has 0 spiro atoms. The van der Waals surface area contributed by atoms with Crippen LogP contribution < -0.4 is 10.5 Å². The molecule has 76 valence electrons. The average molecular weight is 196 g/mol. The SMILES string of the molecule is Cc1cc(OCC(N)C(=O)O)ccn1. The standard InChI is InChI=1S/C9H12N2O3/c1-6-4-7(2-3-11-6)14-5-8(10)9(12)13/h2-4,8H,5,10H2,1H3,(H,12,13). The van der Waals surface area contributed by atoms with Crippen molar-refractivity contribution in [1.29, 1.82) is 0 Å². The van der Waals surface area contributed by atoms with Gasteiger partial charge in [-0.1, -0.05) is 0 Å². The van der Waals surface area contributed by atoms with E-state index in [1.165, 1.54) is 0 Å². The summed E-state index contributed by atoms with van der Waals surface area (Å²) in [7, 11) is 0. The van der Waals surface area contributed by atoms with E-state index in [0.717, 1.165) is 5.69 Å². The molecule has 0 saturated heterocycles. The molecule has 0 saturated carbocycles. The molecule has 0 aromatic carbocycles. The summed E-state index contributed by atoms with van der Waals surface area (Å²) >= 11 is 0. The topological polar surface area (TPSA) is 85.4 Å². The fraction of sp³-hybridized carbons (Fsp3) is 0.333. The van der Waals surface area contributed by atoms with E-state index in [4.69, 9.17) is 15.6 Å². The molecule has 0 amide bonds. The Morgan fingerprint density at radius 1 is 1.79 bits per heavy atom. The highest BCUT2D eigenvalue weighted by Gasteiger charge is 2.11. The molecule has 3 N–H and O–H groups in total. The fourth-order valence-electron chi connectivity index (χ4n) is 0.867. The van der Waals surface area contributed by atoms with E-state index in [1.807, 2.05) is 6.92 Å². The molecular weight excluding hydrogens is 184 g/mol. The molecular formula is C9H12N2O3. The van der Waals surface area contributed by atoms with Crippen molar-refractivity contribution in [2.45, 2.75) is 13.0 Å². The number of aryl methyl sites for hydroxylation is 1. The Morgan fingerprint density at radius 3 is 3.07 bits per heavy atom. The Labute approximate surface area is 81.5 Å². The number of carbonyl (C=O) groups is 1. The Hall–Kier alpha value is -1.62. The predicted molar refractivity (Wildman–Crippen MR) is 50.1 cm³/mol. The van der Waals surface area contributed by atoms with Gasteiger partial charge >= 0.3 is 5.97 Å². The first kappa shape index (κ1) is 10.5. The van der Waals surface area contributed by atoms with Crippen molar-refractivity contribution in [2.24, 2.45) is 5.73 Å². The zero-order valence-electron chi connectivity index (χ0n) is 7.80. The van der Waals surface area contributed by atoms with Crippen molar-refractivity contribution in [1.82, 2.24) is 4.98 Å². The Bertz CT molecular complexity index is 328. The largest absolute Gasteiger partial charge is 0.491 e. The van der Waals surface area contributed by atoms with Crippen LogP contribution >= 0.6 is 0 Å². The summed E-state index contributed by atoms with van der Waals surface area (Å²) in [5.41, 5.74) is 6.07. The van der Waals surface area contributed by atoms with Crippen molar-refractivity contribution in [2.75, 3.05) is 6.61 Å². The van der Waals surface area contributed by atoms with Gasteiger partial charge in [-0.15, -0.1) is 0 Å². The molecule has 1 aromatic heterocycles. The lowest BCUT2D eigenvalue weighted by Crippen LogP contribution is -2.36. The third kappa shape index (κ3) is 3.02. The number of nitrogens with zero attached hydrogens (tertiary/aromatic N) is 1. The van der Waals surface area contributed by atoms with Gasteiger partial charge in [0.2, 0.25) is 0 Å². The van der Waals surface area contributed by atoms with Crippen molar-refractivity contribution in [3.8, 4) is 5.75 Å². The Kier molecular flexibility index (Phi) is 3.41. The van der Waals surface area contributed by atoms with E-state index in [9.17, 15) is 4.79 Å². The summed E-state index contributed by atoms with van der Waals surface area (Å²) in [6.07, 6.45) is 1.59. The smallest absolute Gasteiger partial charge is 0.324 e. The molecule has 0 bridgehead atoms. The quantitative estimate of drug-likeness (QED) is 0.717. The molecule has 1 rings (SSSR count). The van der Waals surface area contributed by atoms with E-state index in [2.05, 4.69) is 4.98 Å². The number of pyridine rings is 1. The zero-order chi connectivity index (χ0) is 10.6. The lowest BCUT2D eigenvalue weighted by molar-refractivity contribution is -0.139. The maximum absolute atomic E-state index is 10.4. The number of hydrogen-bond donors (Lipinski definition) is 2. The third-order valence-corrected chi connectivity index (χ3v) is 1.61. The molecule has 0 aliphatic rings. The lowest BCUT2D eigenvalue weighted by atomic mass is 10.3. The van der Waals surface area contributed by atoms with Gasteiger partial charge in [0.15, 0.2) is 0 Å². The van der Waals surface area contributed by atoms with Gasteiger partial charge in [-0.05, 0) is 13.0 Å². The van der Waals surface area contributed by atoms with Crippen LogP contribution in [0.3, 0.4) is 0 Å². The fourth-order valence-corrected chi connectivity index (χ4v) is 0.867. The molecule has 0 fully saturated rings. The van der Waals surface area contributed by atoms with E-state index < -0.39 is 12.0 Å². The van der Waals surface area contributed by atoms with Gasteiger partial charge in [0, 0.05) is 18.0 Å². The molecule has 14 heavy (non-hydrogen) atoms. The minimum absolute atomic E-state index is 0.0429. The number of carboxylic acid groups (broad SMARTS) is 1. The summed E-state index contributed by atoms with van der Waals surface area (Å²) in [5, 5.41) is 8.50. The Balaban J connectivity index is 2.49. The summed E-state index contributed by atoms with van der Waals surface area (Å²) in [5.74, 6) is -0.495. The number of ether oxygens (including phenoxy) is 1. The highest BCUT2D eigenvalue weighted by Crippen LogP contribution is 2.09. The highest BCUT2D eigenvalue weighted by atomic mass is 16.5. The average Bonchev–Trinajstić information content (AvgIpc) is 2.14.